The quantitative estimate of drug-likeness (QED) is 0.361. The maximum Gasteiger partial charge on any atom is 0.404 e. The lowest BCUT2D eigenvalue weighted by Gasteiger charge is -2.32. The van der Waals surface area contributed by atoms with Crippen molar-refractivity contribution in [1.29, 1.82) is 0 Å². The molecule has 6 rings (SSSR count). The minimum absolute atomic E-state index is 0.0284. The van der Waals surface area contributed by atoms with Crippen molar-refractivity contribution in [2.75, 3.05) is 13.1 Å². The van der Waals surface area contributed by atoms with Crippen molar-refractivity contribution in [3.05, 3.63) is 59.5 Å². The first-order chi connectivity index (χ1) is 17.6. The number of nitrogens with zero attached hydrogens (tertiary/aromatic N) is 5. The number of alkyl halides is 1. The Hall–Kier alpha value is -3.28. The van der Waals surface area contributed by atoms with Crippen LogP contribution in [0.4, 0.5) is 4.39 Å². The zero-order valence-corrected chi connectivity index (χ0v) is 21.6. The molecule has 0 bridgehead atoms. The van der Waals surface area contributed by atoms with Gasteiger partial charge in [0, 0.05) is 55.8 Å². The maximum atomic E-state index is 14.1. The fourth-order valence-corrected chi connectivity index (χ4v) is 6.57. The molecule has 2 aliphatic heterocycles. The number of hydrogen-bond donors (Lipinski definition) is 0. The van der Waals surface area contributed by atoms with E-state index in [9.17, 15) is 12.8 Å². The Morgan fingerprint density at radius 1 is 1.08 bits per heavy atom. The normalized spacial score (nSPS) is 20.5. The summed E-state index contributed by atoms with van der Waals surface area (Å²) in [6.07, 6.45) is 4.33. The molecule has 9 nitrogen and oxygen atoms in total. The van der Waals surface area contributed by atoms with Crippen LogP contribution in [-0.2, 0) is 10.0 Å². The van der Waals surface area contributed by atoms with Crippen molar-refractivity contribution in [2.24, 2.45) is 0 Å². The number of halogens is 2. The highest BCUT2D eigenvalue weighted by Crippen LogP contribution is 2.42. The number of imidazole rings is 1. The fourth-order valence-electron chi connectivity index (χ4n) is 4.88. The molecule has 0 N–H and O–H groups in total. The van der Waals surface area contributed by atoms with E-state index in [0.29, 0.717) is 23.7 Å². The maximum absolute atomic E-state index is 14.1. The molecule has 0 saturated carbocycles. The van der Waals surface area contributed by atoms with Gasteiger partial charge in [-0.15, -0.1) is 0 Å². The highest BCUT2D eigenvalue weighted by molar-refractivity contribution is 7.89. The third-order valence-electron chi connectivity index (χ3n) is 6.62. The summed E-state index contributed by atoms with van der Waals surface area (Å²) in [5.41, 5.74) is 3.06. The number of hydrogen-bond acceptors (Lipinski definition) is 7. The Kier molecular flexibility index (Phi) is 5.62. The van der Waals surface area contributed by atoms with Crippen LogP contribution in [0.15, 0.2) is 53.7 Å². The smallest absolute Gasteiger partial charge is 0.404 e. The van der Waals surface area contributed by atoms with Gasteiger partial charge in [0.1, 0.15) is 11.3 Å². The summed E-state index contributed by atoms with van der Waals surface area (Å²) in [4.78, 5) is 13.7. The van der Waals surface area contributed by atoms with E-state index < -0.39 is 16.1 Å². The Labute approximate surface area is 217 Å². The zero-order chi connectivity index (χ0) is 25.9. The molecule has 5 heterocycles. The van der Waals surface area contributed by atoms with E-state index in [1.807, 2.05) is 25.1 Å². The number of sulfonamides is 1. The molecule has 4 aromatic rings. The lowest BCUT2D eigenvalue weighted by molar-refractivity contribution is -0.173. The number of fused-ring (bicyclic) bond motifs is 2. The molecule has 12 heteroatoms. The predicted molar refractivity (Wildman–Crippen MR) is 135 cm³/mol. The average Bonchev–Trinajstić information content (AvgIpc) is 3.39. The van der Waals surface area contributed by atoms with Crippen LogP contribution in [0.5, 0.6) is 11.5 Å². The molecule has 1 fully saturated rings. The molecule has 1 aromatic carbocycles. The van der Waals surface area contributed by atoms with E-state index in [4.69, 9.17) is 31.0 Å². The van der Waals surface area contributed by atoms with E-state index in [2.05, 4.69) is 9.55 Å². The van der Waals surface area contributed by atoms with Crippen molar-refractivity contribution in [3.63, 3.8) is 0 Å². The Morgan fingerprint density at radius 3 is 2.59 bits per heavy atom. The summed E-state index contributed by atoms with van der Waals surface area (Å²) in [7, 11) is -3.83. The SMILES string of the molecule is Cc1ccc2nc(-c3ccncc3Cl)n(C3CCN(S(=O)(=O)c4ccc5c(c4)OC(C)(F)O5)CC3)c2n1. The molecule has 1 unspecified atom stereocenters. The van der Waals surface area contributed by atoms with Gasteiger partial charge in [-0.2, -0.15) is 8.70 Å². The number of pyridine rings is 2. The van der Waals surface area contributed by atoms with Crippen LogP contribution >= 0.6 is 11.6 Å². The van der Waals surface area contributed by atoms with E-state index >= 15 is 0 Å². The summed E-state index contributed by atoms with van der Waals surface area (Å²) in [6, 6.07) is 7.40. The standard InChI is InChI=1S/C25H23ClFN5O4S/c1-15-3-5-20-24(29-15)32(23(30-20)18-7-10-28-14-19(18)26)16-8-11-31(12-9-16)37(33,34)17-4-6-21-22(13-17)36-25(2,27)35-21/h3-7,10,13-14,16H,8-9,11-12H2,1-2H3. The van der Waals surface area contributed by atoms with Crippen LogP contribution in [0.1, 0.15) is 31.5 Å². The highest BCUT2D eigenvalue weighted by Gasteiger charge is 2.39. The molecule has 0 radical (unpaired) electrons. The zero-order valence-electron chi connectivity index (χ0n) is 20.1. The molecule has 2 aliphatic rings. The first kappa shape index (κ1) is 24.1. The molecule has 0 spiro atoms. The number of ether oxygens (including phenoxy) is 2. The van der Waals surface area contributed by atoms with E-state index in [1.165, 1.54) is 22.5 Å². The van der Waals surface area contributed by atoms with Gasteiger partial charge < -0.3 is 14.0 Å². The minimum Gasteiger partial charge on any atom is -0.423 e. The van der Waals surface area contributed by atoms with Crippen molar-refractivity contribution in [2.45, 2.75) is 43.7 Å². The van der Waals surface area contributed by atoms with E-state index in [-0.39, 0.29) is 35.5 Å². The summed E-state index contributed by atoms with van der Waals surface area (Å²) in [5.74, 6) is 0.901. The summed E-state index contributed by atoms with van der Waals surface area (Å²) < 4.78 is 54.5. The number of benzene rings is 1. The van der Waals surface area contributed by atoms with Gasteiger partial charge in [-0.3, -0.25) is 4.98 Å². The van der Waals surface area contributed by atoms with Gasteiger partial charge in [0.25, 0.3) is 0 Å². The lowest BCUT2D eigenvalue weighted by atomic mass is 10.1. The van der Waals surface area contributed by atoms with E-state index in [0.717, 1.165) is 29.3 Å². The van der Waals surface area contributed by atoms with Crippen molar-refractivity contribution >= 4 is 32.8 Å². The van der Waals surface area contributed by atoms with Crippen LogP contribution in [0.2, 0.25) is 5.02 Å². The van der Waals surface area contributed by atoms with Crippen molar-refractivity contribution < 1.29 is 22.3 Å². The second-order valence-electron chi connectivity index (χ2n) is 9.24. The van der Waals surface area contributed by atoms with Crippen LogP contribution in [0.25, 0.3) is 22.6 Å². The molecule has 0 aliphatic carbocycles. The fraction of sp³-hybridized carbons (Fsp3) is 0.320. The Bertz CT molecular complexity index is 1630. The number of aromatic nitrogens is 4. The Balaban J connectivity index is 1.30. The van der Waals surface area contributed by atoms with Crippen LogP contribution in [-0.4, -0.2) is 51.4 Å². The van der Waals surface area contributed by atoms with Crippen molar-refractivity contribution in [3.8, 4) is 22.9 Å². The summed E-state index contributed by atoms with van der Waals surface area (Å²) in [6.45, 7) is 3.62. The number of rotatable bonds is 4. The molecule has 192 valence electrons. The van der Waals surface area contributed by atoms with Crippen LogP contribution in [0, 0.1) is 6.92 Å². The van der Waals surface area contributed by atoms with Gasteiger partial charge in [-0.05, 0) is 50.1 Å². The van der Waals surface area contributed by atoms with Gasteiger partial charge in [0.2, 0.25) is 10.0 Å². The lowest BCUT2D eigenvalue weighted by Crippen LogP contribution is -2.39. The first-order valence-corrected chi connectivity index (χ1v) is 13.6. The summed E-state index contributed by atoms with van der Waals surface area (Å²) in [5, 5.41) is 0.475. The van der Waals surface area contributed by atoms with Gasteiger partial charge in [0.15, 0.2) is 17.1 Å². The van der Waals surface area contributed by atoms with Crippen LogP contribution < -0.4 is 9.47 Å². The van der Waals surface area contributed by atoms with Gasteiger partial charge in [0.05, 0.1) is 9.92 Å². The molecule has 37 heavy (non-hydrogen) atoms. The molecule has 0 amide bonds. The minimum atomic E-state index is -3.83. The topological polar surface area (TPSA) is 99.4 Å². The summed E-state index contributed by atoms with van der Waals surface area (Å²) >= 11 is 6.47. The molecule has 3 aromatic heterocycles. The van der Waals surface area contributed by atoms with Gasteiger partial charge in [-0.25, -0.2) is 18.4 Å². The second kappa shape index (κ2) is 8.64. The average molecular weight is 544 g/mol. The monoisotopic (exact) mass is 543 g/mol. The predicted octanol–water partition coefficient (Wildman–Crippen LogP) is 4.90. The number of aryl methyl sites for hydroxylation is 1. The third-order valence-corrected chi connectivity index (χ3v) is 8.81. The Morgan fingerprint density at radius 2 is 1.84 bits per heavy atom. The second-order valence-corrected chi connectivity index (χ2v) is 11.6. The largest absolute Gasteiger partial charge is 0.423 e. The third kappa shape index (κ3) is 4.20. The van der Waals surface area contributed by atoms with Gasteiger partial charge >= 0.3 is 6.04 Å². The van der Waals surface area contributed by atoms with E-state index in [1.54, 1.807) is 12.4 Å². The van der Waals surface area contributed by atoms with Gasteiger partial charge in [-0.1, -0.05) is 11.6 Å². The van der Waals surface area contributed by atoms with Crippen LogP contribution in [0.3, 0.4) is 0 Å². The highest BCUT2D eigenvalue weighted by atomic mass is 35.5. The number of piperidine rings is 1. The first-order valence-electron chi connectivity index (χ1n) is 11.8. The van der Waals surface area contributed by atoms with Crippen molar-refractivity contribution in [1.82, 2.24) is 23.8 Å². The molecular weight excluding hydrogens is 521 g/mol. The molecule has 1 atom stereocenters. The molecular formula is C25H23ClFN5O4S. The molecule has 1 saturated heterocycles.